The minimum Gasteiger partial charge on any atom is -0.354 e. The number of aryl methyl sites for hydroxylation is 3. The van der Waals surface area contributed by atoms with Gasteiger partial charge in [0.05, 0.1) is 4.90 Å². The second kappa shape index (κ2) is 9.18. The third kappa shape index (κ3) is 5.40. The van der Waals surface area contributed by atoms with Gasteiger partial charge in [-0.05, 0) is 67.8 Å². The van der Waals surface area contributed by atoms with E-state index in [4.69, 9.17) is 4.52 Å². The highest BCUT2D eigenvalue weighted by Crippen LogP contribution is 2.24. The largest absolute Gasteiger partial charge is 0.354 e. The first-order valence-corrected chi connectivity index (χ1v) is 11.3. The molecule has 0 radical (unpaired) electrons. The number of carbonyl (C=O) groups is 1. The third-order valence-corrected chi connectivity index (χ3v) is 6.25. The van der Waals surface area contributed by atoms with E-state index < -0.39 is 10.0 Å². The van der Waals surface area contributed by atoms with Crippen molar-refractivity contribution in [1.82, 2.24) is 5.16 Å². The zero-order valence-corrected chi connectivity index (χ0v) is 18.7. The molecule has 0 aliphatic heterocycles. The first-order valence-electron chi connectivity index (χ1n) is 9.84. The van der Waals surface area contributed by atoms with E-state index in [1.165, 1.54) is 12.1 Å². The number of nitrogens with zero attached hydrogens (tertiary/aromatic N) is 1. The Hall–Kier alpha value is -3.39. The molecule has 0 atom stereocenters. The Morgan fingerprint density at radius 3 is 2.39 bits per heavy atom. The van der Waals surface area contributed by atoms with Crippen LogP contribution in [0.4, 0.5) is 11.4 Å². The summed E-state index contributed by atoms with van der Waals surface area (Å²) in [7, 11) is -3.70. The fourth-order valence-corrected chi connectivity index (χ4v) is 3.88. The monoisotopic (exact) mass is 439 g/mol. The number of amides is 1. The van der Waals surface area contributed by atoms with Gasteiger partial charge >= 0.3 is 0 Å². The standard InChI is InChI=1S/C23H25N3O4S/c1-5-22(27)24-23-17(4)25-30-21(23)13-9-18-7-11-20(12-8-18)31(28,29)26-19-10-6-15(2)16(3)14-19/h6-14,26H,5H2,1-4H3,(H,24,27)/b13-9-. The van der Waals surface area contributed by atoms with Crippen molar-refractivity contribution in [1.29, 1.82) is 0 Å². The van der Waals surface area contributed by atoms with Gasteiger partial charge in [-0.1, -0.05) is 36.4 Å². The number of nitrogens with one attached hydrogen (secondary N) is 2. The maximum Gasteiger partial charge on any atom is 0.261 e. The Labute approximate surface area is 182 Å². The van der Waals surface area contributed by atoms with Gasteiger partial charge in [-0.15, -0.1) is 0 Å². The van der Waals surface area contributed by atoms with Crippen LogP contribution in [-0.4, -0.2) is 19.5 Å². The zero-order valence-electron chi connectivity index (χ0n) is 17.9. The maximum atomic E-state index is 12.7. The van der Waals surface area contributed by atoms with Crippen LogP contribution in [0.2, 0.25) is 0 Å². The van der Waals surface area contributed by atoms with Crippen LogP contribution in [0.15, 0.2) is 51.9 Å². The van der Waals surface area contributed by atoms with Crippen molar-refractivity contribution in [3.05, 3.63) is 70.6 Å². The minimum absolute atomic E-state index is 0.133. The summed E-state index contributed by atoms with van der Waals surface area (Å²) in [5, 5.41) is 6.66. The second-order valence-corrected chi connectivity index (χ2v) is 8.90. The SMILES string of the molecule is CCC(=O)Nc1c(C)noc1/C=C\c1ccc(S(=O)(=O)Nc2ccc(C)c(C)c2)cc1. The molecule has 0 spiro atoms. The molecule has 0 bridgehead atoms. The zero-order chi connectivity index (χ0) is 22.6. The van der Waals surface area contributed by atoms with Gasteiger partial charge in [0.25, 0.3) is 10.0 Å². The number of aromatic nitrogens is 1. The van der Waals surface area contributed by atoms with Gasteiger partial charge in [0.1, 0.15) is 11.4 Å². The molecule has 162 valence electrons. The molecule has 0 aliphatic carbocycles. The van der Waals surface area contributed by atoms with Gasteiger partial charge < -0.3 is 9.84 Å². The summed E-state index contributed by atoms with van der Waals surface area (Å²) in [4.78, 5) is 11.8. The number of hydrogen-bond donors (Lipinski definition) is 2. The molecule has 0 aliphatic rings. The van der Waals surface area contributed by atoms with E-state index in [1.807, 2.05) is 19.9 Å². The molecule has 2 aromatic carbocycles. The van der Waals surface area contributed by atoms with E-state index in [-0.39, 0.29) is 10.8 Å². The van der Waals surface area contributed by atoms with Crippen molar-refractivity contribution in [2.45, 2.75) is 39.0 Å². The van der Waals surface area contributed by atoms with Gasteiger partial charge in [0.2, 0.25) is 5.91 Å². The summed E-state index contributed by atoms with van der Waals surface area (Å²) >= 11 is 0. The normalized spacial score (nSPS) is 11.6. The van der Waals surface area contributed by atoms with Gasteiger partial charge in [0, 0.05) is 12.1 Å². The molecule has 0 saturated heterocycles. The molecular weight excluding hydrogens is 414 g/mol. The maximum absolute atomic E-state index is 12.7. The lowest BCUT2D eigenvalue weighted by molar-refractivity contribution is -0.115. The van der Waals surface area contributed by atoms with E-state index in [0.717, 1.165) is 16.7 Å². The van der Waals surface area contributed by atoms with E-state index in [2.05, 4.69) is 15.2 Å². The van der Waals surface area contributed by atoms with Crippen molar-refractivity contribution >= 4 is 39.5 Å². The van der Waals surface area contributed by atoms with Crippen LogP contribution in [0.3, 0.4) is 0 Å². The first-order chi connectivity index (χ1) is 14.7. The van der Waals surface area contributed by atoms with E-state index >= 15 is 0 Å². The van der Waals surface area contributed by atoms with Gasteiger partial charge in [-0.3, -0.25) is 9.52 Å². The summed E-state index contributed by atoms with van der Waals surface area (Å²) in [5.74, 6) is 0.291. The van der Waals surface area contributed by atoms with E-state index in [1.54, 1.807) is 50.3 Å². The van der Waals surface area contributed by atoms with Crippen LogP contribution in [0.5, 0.6) is 0 Å². The average Bonchev–Trinajstić information content (AvgIpc) is 3.08. The molecule has 2 N–H and O–H groups in total. The molecule has 0 unspecified atom stereocenters. The van der Waals surface area contributed by atoms with Crippen LogP contribution in [0, 0.1) is 20.8 Å². The molecular formula is C23H25N3O4S. The summed E-state index contributed by atoms with van der Waals surface area (Å²) < 4.78 is 33.2. The van der Waals surface area contributed by atoms with Crippen LogP contribution in [-0.2, 0) is 14.8 Å². The lowest BCUT2D eigenvalue weighted by atomic mass is 10.1. The van der Waals surface area contributed by atoms with Crippen LogP contribution in [0.1, 0.15) is 41.5 Å². The van der Waals surface area contributed by atoms with Crippen molar-refractivity contribution in [2.24, 2.45) is 0 Å². The Bertz CT molecular complexity index is 1230. The third-order valence-electron chi connectivity index (χ3n) is 4.85. The molecule has 0 saturated carbocycles. The Morgan fingerprint density at radius 2 is 1.74 bits per heavy atom. The quantitative estimate of drug-likeness (QED) is 0.544. The topological polar surface area (TPSA) is 101 Å². The van der Waals surface area contributed by atoms with Gasteiger partial charge in [0.15, 0.2) is 5.76 Å². The number of carbonyl (C=O) groups excluding carboxylic acids is 1. The predicted molar refractivity (Wildman–Crippen MR) is 122 cm³/mol. The summed E-state index contributed by atoms with van der Waals surface area (Å²) in [5.41, 5.74) is 4.51. The number of anilines is 2. The number of benzene rings is 2. The number of rotatable bonds is 7. The van der Waals surface area contributed by atoms with Crippen molar-refractivity contribution in [3.8, 4) is 0 Å². The van der Waals surface area contributed by atoms with Crippen LogP contribution < -0.4 is 10.0 Å². The highest BCUT2D eigenvalue weighted by Gasteiger charge is 2.15. The van der Waals surface area contributed by atoms with Crippen LogP contribution >= 0.6 is 0 Å². The molecule has 1 heterocycles. The molecule has 31 heavy (non-hydrogen) atoms. The number of hydrogen-bond acceptors (Lipinski definition) is 5. The summed E-state index contributed by atoms with van der Waals surface area (Å²) in [6.07, 6.45) is 3.79. The Balaban J connectivity index is 1.76. The minimum atomic E-state index is -3.70. The predicted octanol–water partition coefficient (Wildman–Crippen LogP) is 4.92. The lowest BCUT2D eigenvalue weighted by Gasteiger charge is -2.10. The van der Waals surface area contributed by atoms with E-state index in [0.29, 0.717) is 29.2 Å². The molecule has 1 amide bonds. The molecule has 0 fully saturated rings. The molecule has 7 nitrogen and oxygen atoms in total. The second-order valence-electron chi connectivity index (χ2n) is 7.22. The number of sulfonamides is 1. The first kappa shape index (κ1) is 22.3. The van der Waals surface area contributed by atoms with Crippen LogP contribution in [0.25, 0.3) is 12.2 Å². The molecule has 3 rings (SSSR count). The smallest absolute Gasteiger partial charge is 0.261 e. The highest BCUT2D eigenvalue weighted by atomic mass is 32.2. The fraction of sp³-hybridized carbons (Fsp3) is 0.217. The Kier molecular flexibility index (Phi) is 6.60. The fourth-order valence-electron chi connectivity index (χ4n) is 2.83. The van der Waals surface area contributed by atoms with E-state index in [9.17, 15) is 13.2 Å². The average molecular weight is 440 g/mol. The summed E-state index contributed by atoms with van der Waals surface area (Å²) in [6, 6.07) is 11.9. The van der Waals surface area contributed by atoms with Gasteiger partial charge in [-0.2, -0.15) is 0 Å². The van der Waals surface area contributed by atoms with Crippen molar-refractivity contribution in [3.63, 3.8) is 0 Å². The van der Waals surface area contributed by atoms with Gasteiger partial charge in [-0.25, -0.2) is 8.42 Å². The summed E-state index contributed by atoms with van der Waals surface area (Å²) in [6.45, 7) is 7.41. The van der Waals surface area contributed by atoms with Crippen molar-refractivity contribution in [2.75, 3.05) is 10.0 Å². The molecule has 8 heteroatoms. The van der Waals surface area contributed by atoms with Crippen molar-refractivity contribution < 1.29 is 17.7 Å². The lowest BCUT2D eigenvalue weighted by Crippen LogP contribution is -2.13. The molecule has 3 aromatic rings. The molecule has 1 aromatic heterocycles. The Morgan fingerprint density at radius 1 is 1.03 bits per heavy atom. The highest BCUT2D eigenvalue weighted by molar-refractivity contribution is 7.92.